The molecule has 29 heavy (non-hydrogen) atoms. The fourth-order valence-corrected chi connectivity index (χ4v) is 2.76. The van der Waals surface area contributed by atoms with E-state index in [2.05, 4.69) is 29.0 Å². The summed E-state index contributed by atoms with van der Waals surface area (Å²) in [4.78, 5) is 15.2. The monoisotopic (exact) mass is 431 g/mol. The van der Waals surface area contributed by atoms with Crippen LogP contribution in [0.3, 0.4) is 0 Å². The quantitative estimate of drug-likeness (QED) is 0.714. The lowest BCUT2D eigenvalue weighted by atomic mass is 10.0. The number of aromatic nitrogens is 1. The van der Waals surface area contributed by atoms with Gasteiger partial charge in [0.2, 0.25) is 0 Å². The van der Waals surface area contributed by atoms with Crippen LogP contribution in [-0.2, 0) is 15.7 Å². The van der Waals surface area contributed by atoms with Gasteiger partial charge in [-0.25, -0.2) is 4.79 Å². The second-order valence-corrected chi connectivity index (χ2v) is 6.60. The van der Waals surface area contributed by atoms with Gasteiger partial charge in [0.15, 0.2) is 0 Å². The van der Waals surface area contributed by atoms with E-state index in [-0.39, 0.29) is 12.1 Å². The first-order valence-electron chi connectivity index (χ1n) is 8.58. The number of carboxylic acids is 1. The van der Waals surface area contributed by atoms with Gasteiger partial charge >= 0.3 is 18.3 Å². The standard InChI is InChI=1S/C15H22F3N3O.C2HF3O2/c1-10-8-21(11(2)6-19-10)14(9-22-3)13-5-4-12(7-20-13)15(16,17)18;3-2(4,5)1(6)7/h4-5,7,10-11,14,19H,6,8-9H2,1-3H3;(H,6,7)/t10-,11+,14?;/m0./s1. The van der Waals surface area contributed by atoms with Crippen LogP contribution < -0.4 is 5.32 Å². The number of alkyl halides is 6. The Labute approximate surface area is 163 Å². The van der Waals surface area contributed by atoms with Gasteiger partial charge in [0.1, 0.15) is 0 Å². The molecule has 6 nitrogen and oxygen atoms in total. The van der Waals surface area contributed by atoms with Crippen molar-refractivity contribution < 1.29 is 41.0 Å². The number of halogens is 6. The van der Waals surface area contributed by atoms with Crippen molar-refractivity contribution in [2.75, 3.05) is 26.8 Å². The Kier molecular flexibility index (Phi) is 8.84. The highest BCUT2D eigenvalue weighted by molar-refractivity contribution is 5.73. The molecular weight excluding hydrogens is 408 g/mol. The van der Waals surface area contributed by atoms with Gasteiger partial charge in [-0.1, -0.05) is 0 Å². The van der Waals surface area contributed by atoms with E-state index in [1.807, 2.05) is 0 Å². The van der Waals surface area contributed by atoms with Crippen molar-refractivity contribution in [2.45, 2.75) is 44.3 Å². The fourth-order valence-electron chi connectivity index (χ4n) is 2.76. The van der Waals surface area contributed by atoms with Crippen molar-refractivity contribution in [2.24, 2.45) is 0 Å². The molecule has 1 aliphatic rings. The van der Waals surface area contributed by atoms with Crippen molar-refractivity contribution in [1.82, 2.24) is 15.2 Å². The second-order valence-electron chi connectivity index (χ2n) is 6.60. The molecule has 0 spiro atoms. The van der Waals surface area contributed by atoms with Gasteiger partial charge in [0.25, 0.3) is 0 Å². The van der Waals surface area contributed by atoms with Crippen molar-refractivity contribution in [3.05, 3.63) is 29.6 Å². The van der Waals surface area contributed by atoms with E-state index in [1.165, 1.54) is 6.07 Å². The molecule has 0 saturated carbocycles. The molecule has 2 rings (SSSR count). The molecular formula is C17H23F6N3O3. The molecule has 0 bridgehead atoms. The van der Waals surface area contributed by atoms with E-state index in [4.69, 9.17) is 14.6 Å². The number of carbonyl (C=O) groups is 1. The van der Waals surface area contributed by atoms with Crippen LogP contribution in [0.15, 0.2) is 18.3 Å². The maximum Gasteiger partial charge on any atom is 0.490 e. The summed E-state index contributed by atoms with van der Waals surface area (Å²) in [5, 5.41) is 10.5. The number of nitrogens with zero attached hydrogens (tertiary/aromatic N) is 2. The topological polar surface area (TPSA) is 74.7 Å². The van der Waals surface area contributed by atoms with Crippen molar-refractivity contribution >= 4 is 5.97 Å². The van der Waals surface area contributed by atoms with E-state index in [0.717, 1.165) is 25.4 Å². The van der Waals surface area contributed by atoms with E-state index in [0.29, 0.717) is 18.3 Å². The number of ether oxygens (including phenoxy) is 1. The van der Waals surface area contributed by atoms with E-state index in [1.54, 1.807) is 7.11 Å². The Morgan fingerprint density at radius 1 is 1.31 bits per heavy atom. The normalized spacial score (nSPS) is 21.8. The first-order chi connectivity index (χ1) is 13.3. The summed E-state index contributed by atoms with van der Waals surface area (Å²) in [6, 6.07) is 2.98. The van der Waals surface area contributed by atoms with Gasteiger partial charge in [-0.2, -0.15) is 26.3 Å². The Hall–Kier alpha value is -1.92. The molecule has 1 aliphatic heterocycles. The summed E-state index contributed by atoms with van der Waals surface area (Å²) < 4.78 is 75.0. The summed E-state index contributed by atoms with van der Waals surface area (Å²) in [5.41, 5.74) is -0.120. The predicted molar refractivity (Wildman–Crippen MR) is 91.2 cm³/mol. The lowest BCUT2D eigenvalue weighted by molar-refractivity contribution is -0.192. The minimum Gasteiger partial charge on any atom is -0.475 e. The zero-order valence-corrected chi connectivity index (χ0v) is 16.0. The number of aliphatic carboxylic acids is 1. The Morgan fingerprint density at radius 3 is 2.31 bits per heavy atom. The van der Waals surface area contributed by atoms with Crippen LogP contribution in [0, 0.1) is 0 Å². The predicted octanol–water partition coefficient (Wildman–Crippen LogP) is 3.10. The summed E-state index contributed by atoms with van der Waals surface area (Å²) in [6.45, 7) is 6.21. The third kappa shape index (κ3) is 7.78. The number of pyridine rings is 1. The molecule has 1 saturated heterocycles. The Morgan fingerprint density at radius 2 is 1.90 bits per heavy atom. The van der Waals surface area contributed by atoms with Crippen LogP contribution in [0.1, 0.15) is 31.1 Å². The number of hydrogen-bond donors (Lipinski definition) is 2. The number of hydrogen-bond acceptors (Lipinski definition) is 5. The summed E-state index contributed by atoms with van der Waals surface area (Å²) in [6.07, 6.45) is -8.55. The number of carboxylic acid groups (broad SMARTS) is 1. The number of piperazine rings is 1. The van der Waals surface area contributed by atoms with Crippen LogP contribution >= 0.6 is 0 Å². The molecule has 2 heterocycles. The maximum atomic E-state index is 12.7. The van der Waals surface area contributed by atoms with Crippen molar-refractivity contribution in [3.63, 3.8) is 0 Å². The largest absolute Gasteiger partial charge is 0.490 e. The summed E-state index contributed by atoms with van der Waals surface area (Å²) >= 11 is 0. The molecule has 1 aromatic rings. The van der Waals surface area contributed by atoms with Gasteiger partial charge in [0, 0.05) is 38.5 Å². The van der Waals surface area contributed by atoms with E-state index in [9.17, 15) is 26.3 Å². The summed E-state index contributed by atoms with van der Waals surface area (Å²) in [5.74, 6) is -2.76. The van der Waals surface area contributed by atoms with Crippen LogP contribution in [0.4, 0.5) is 26.3 Å². The number of methoxy groups -OCH3 is 1. The zero-order valence-electron chi connectivity index (χ0n) is 16.0. The van der Waals surface area contributed by atoms with Crippen molar-refractivity contribution in [3.8, 4) is 0 Å². The molecule has 0 aliphatic carbocycles. The molecule has 1 fully saturated rings. The van der Waals surface area contributed by atoms with Gasteiger partial charge < -0.3 is 15.2 Å². The first kappa shape index (κ1) is 25.1. The minimum absolute atomic E-state index is 0.146. The van der Waals surface area contributed by atoms with Crippen LogP contribution in [0.5, 0.6) is 0 Å². The molecule has 3 atom stereocenters. The molecule has 2 N–H and O–H groups in total. The number of rotatable bonds is 4. The highest BCUT2D eigenvalue weighted by Gasteiger charge is 2.38. The van der Waals surface area contributed by atoms with Gasteiger partial charge in [-0.15, -0.1) is 0 Å². The molecule has 0 aromatic carbocycles. The average molecular weight is 431 g/mol. The van der Waals surface area contributed by atoms with Gasteiger partial charge in [0.05, 0.1) is 23.9 Å². The smallest absolute Gasteiger partial charge is 0.475 e. The van der Waals surface area contributed by atoms with Crippen molar-refractivity contribution in [1.29, 1.82) is 0 Å². The number of nitrogens with one attached hydrogen (secondary N) is 1. The van der Waals surface area contributed by atoms with Crippen LogP contribution in [0.25, 0.3) is 0 Å². The highest BCUT2D eigenvalue weighted by Crippen LogP contribution is 2.30. The lowest BCUT2D eigenvalue weighted by Crippen LogP contribution is -2.56. The molecule has 166 valence electrons. The SMILES string of the molecule is COCC(c1ccc(C(F)(F)F)cn1)N1C[C@H](C)NC[C@H]1C.O=C(O)C(F)(F)F. The van der Waals surface area contributed by atoms with Crippen LogP contribution in [0.2, 0.25) is 0 Å². The molecule has 12 heteroatoms. The summed E-state index contributed by atoms with van der Waals surface area (Å²) in [7, 11) is 1.59. The third-order valence-electron chi connectivity index (χ3n) is 4.24. The molecule has 0 amide bonds. The Bertz CT molecular complexity index is 651. The minimum atomic E-state index is -5.08. The lowest BCUT2D eigenvalue weighted by Gasteiger charge is -2.42. The van der Waals surface area contributed by atoms with Gasteiger partial charge in [-0.05, 0) is 26.0 Å². The maximum absolute atomic E-state index is 12.7. The van der Waals surface area contributed by atoms with E-state index < -0.39 is 23.9 Å². The second kappa shape index (κ2) is 10.2. The van der Waals surface area contributed by atoms with Gasteiger partial charge in [-0.3, -0.25) is 9.88 Å². The molecule has 1 unspecified atom stereocenters. The fraction of sp³-hybridized carbons (Fsp3) is 0.647. The van der Waals surface area contributed by atoms with Crippen LogP contribution in [-0.4, -0.2) is 66.0 Å². The molecule has 1 aromatic heterocycles. The van der Waals surface area contributed by atoms with E-state index >= 15 is 0 Å². The highest BCUT2D eigenvalue weighted by atomic mass is 19.4. The third-order valence-corrected chi connectivity index (χ3v) is 4.24. The Balaban J connectivity index is 0.000000516. The first-order valence-corrected chi connectivity index (χ1v) is 8.58. The molecule has 0 radical (unpaired) electrons. The average Bonchev–Trinajstić information content (AvgIpc) is 2.61. The zero-order chi connectivity index (χ0) is 22.4.